The van der Waals surface area contributed by atoms with Crippen LogP contribution in [-0.4, -0.2) is 50.6 Å². The lowest BCUT2D eigenvalue weighted by Gasteiger charge is -2.62. The number of benzene rings is 1. The molecule has 198 valence electrons. The number of piperazine rings is 1. The first-order valence-corrected chi connectivity index (χ1v) is 13.1. The molecule has 0 saturated carbocycles. The van der Waals surface area contributed by atoms with Crippen molar-refractivity contribution in [2.45, 2.75) is 70.1 Å². The maximum absolute atomic E-state index is 14.0. The van der Waals surface area contributed by atoms with Gasteiger partial charge in [-0.15, -0.1) is 0 Å². The number of carbonyl (C=O) groups excluding carboxylic acids is 3. The summed E-state index contributed by atoms with van der Waals surface area (Å²) < 4.78 is 6.17. The molecule has 2 amide bonds. The van der Waals surface area contributed by atoms with Gasteiger partial charge in [0, 0.05) is 29.9 Å². The smallest absolute Gasteiger partial charge is 0.288 e. The second-order valence-corrected chi connectivity index (χ2v) is 11.9. The molecule has 9 heteroatoms. The summed E-state index contributed by atoms with van der Waals surface area (Å²) in [6.45, 7) is 7.87. The Morgan fingerprint density at radius 2 is 2.00 bits per heavy atom. The molecule has 1 aliphatic carbocycles. The van der Waals surface area contributed by atoms with E-state index in [0.717, 1.165) is 6.42 Å². The molecule has 4 saturated heterocycles. The van der Waals surface area contributed by atoms with Gasteiger partial charge in [-0.05, 0) is 63.5 Å². The van der Waals surface area contributed by atoms with E-state index in [1.54, 1.807) is 37.0 Å². The maximum Gasteiger partial charge on any atom is 0.288 e. The number of hydrogen-bond donors (Lipinski definition) is 1. The van der Waals surface area contributed by atoms with Gasteiger partial charge in [-0.2, -0.15) is 0 Å². The van der Waals surface area contributed by atoms with Crippen LogP contribution in [0, 0.1) is 21.4 Å². The van der Waals surface area contributed by atoms with E-state index in [0.29, 0.717) is 31.6 Å². The number of ketones is 1. The van der Waals surface area contributed by atoms with Crippen LogP contribution in [0.5, 0.6) is 5.75 Å². The summed E-state index contributed by atoms with van der Waals surface area (Å²) in [6.07, 6.45) is 11.2. The van der Waals surface area contributed by atoms with Crippen molar-refractivity contribution in [3.05, 3.63) is 57.7 Å². The molecule has 3 unspecified atom stereocenters. The zero-order chi connectivity index (χ0) is 27.3. The lowest BCUT2D eigenvalue weighted by molar-refractivity contribution is -0.385. The number of Topliss-reactive ketones (excluding diaryl/α,β-unsaturated/α-hetero) is 1. The number of carbonyl (C=O) groups is 3. The number of piperidine rings is 2. The van der Waals surface area contributed by atoms with Gasteiger partial charge in [0.15, 0.2) is 5.78 Å². The second-order valence-electron chi connectivity index (χ2n) is 11.9. The van der Waals surface area contributed by atoms with Crippen LogP contribution in [0.15, 0.2) is 36.4 Å². The number of allylic oxidation sites excluding steroid dienone is 2. The van der Waals surface area contributed by atoms with E-state index in [1.165, 1.54) is 12.1 Å². The molecule has 9 nitrogen and oxygen atoms in total. The van der Waals surface area contributed by atoms with Crippen molar-refractivity contribution in [1.82, 2.24) is 10.2 Å². The third-order valence-corrected chi connectivity index (χ3v) is 9.35. The third kappa shape index (κ3) is 2.95. The minimum atomic E-state index is -1.42. The summed E-state index contributed by atoms with van der Waals surface area (Å²) in [5.41, 5.74) is -3.80. The molecule has 1 aromatic rings. The summed E-state index contributed by atoms with van der Waals surface area (Å²) in [7, 11) is 0. The number of nitrogens with zero attached hydrogens (tertiary/aromatic N) is 2. The van der Waals surface area contributed by atoms with Gasteiger partial charge in [0.2, 0.25) is 5.91 Å². The van der Waals surface area contributed by atoms with Crippen molar-refractivity contribution in [1.29, 1.82) is 0 Å². The zero-order valence-electron chi connectivity index (χ0n) is 22.0. The van der Waals surface area contributed by atoms with E-state index >= 15 is 0 Å². The number of ether oxygens (including phenoxy) is 1. The van der Waals surface area contributed by atoms with Crippen molar-refractivity contribution in [2.75, 3.05) is 6.54 Å². The van der Waals surface area contributed by atoms with Crippen LogP contribution in [0.3, 0.4) is 0 Å². The maximum atomic E-state index is 14.0. The van der Waals surface area contributed by atoms with Crippen molar-refractivity contribution in [2.24, 2.45) is 11.3 Å². The highest BCUT2D eigenvalue weighted by molar-refractivity contribution is 6.27. The summed E-state index contributed by atoms with van der Waals surface area (Å²) in [5, 5.41) is 15.5. The number of hydrogen-bond acceptors (Lipinski definition) is 6. The molecule has 1 N–H and O–H groups in total. The van der Waals surface area contributed by atoms with Gasteiger partial charge >= 0.3 is 0 Å². The topological polar surface area (TPSA) is 119 Å². The van der Waals surface area contributed by atoms with Crippen LogP contribution >= 0.6 is 0 Å². The van der Waals surface area contributed by atoms with E-state index in [1.807, 2.05) is 26.0 Å². The van der Waals surface area contributed by atoms with Crippen LogP contribution < -0.4 is 10.1 Å². The molecule has 2 spiro atoms. The molecule has 5 heterocycles. The number of rotatable bonds is 4. The predicted molar refractivity (Wildman–Crippen MR) is 140 cm³/mol. The number of nitrogens with one attached hydrogen (secondary N) is 1. The average molecular weight is 518 g/mol. The lowest BCUT2D eigenvalue weighted by Crippen LogP contribution is -2.83. The Labute approximate surface area is 220 Å². The first kappa shape index (κ1) is 24.6. The standard InChI is InChI=1S/C29H31N3O6/c1-5-6-11-27(4)13-10-18-20(38-27)9-8-17(22(18)32(36)37)19-15-29-21(26(2,3)23(19)33)16-28(24(34)30-29)12-7-14-31(28)25(29)35/h5-6,8-10,13,15,21H,7,11-12,14,16H2,1-4H3,(H,30,34)/b6-5+/t21?,27?,28?,29-/m0/s1. The molecule has 7 rings (SSSR count). The molecular weight excluding hydrogens is 486 g/mol. The summed E-state index contributed by atoms with van der Waals surface area (Å²) in [5.74, 6) is -0.796. The zero-order valence-corrected chi connectivity index (χ0v) is 22.0. The molecule has 6 aliphatic rings. The molecule has 2 bridgehead atoms. The largest absolute Gasteiger partial charge is 0.482 e. The molecule has 38 heavy (non-hydrogen) atoms. The SMILES string of the molecule is C/C=C/CC1(C)C=Cc2c(ccc(C3=C[C@@]45NC(=O)C6(CCCN6C4=O)CC5C(C)(C)C3=O)c2[N+](=O)[O-])O1. The predicted octanol–water partition coefficient (Wildman–Crippen LogP) is 3.97. The fourth-order valence-corrected chi connectivity index (χ4v) is 7.31. The summed E-state index contributed by atoms with van der Waals surface area (Å²) in [4.78, 5) is 54.9. The Morgan fingerprint density at radius 1 is 1.24 bits per heavy atom. The highest BCUT2D eigenvalue weighted by atomic mass is 16.6. The lowest BCUT2D eigenvalue weighted by atomic mass is 9.51. The molecule has 5 aliphatic heterocycles. The number of nitro groups is 1. The second kappa shape index (κ2) is 7.65. The van der Waals surface area contributed by atoms with Gasteiger partial charge in [0.1, 0.15) is 22.4 Å². The Balaban J connectivity index is 1.53. The molecular formula is C29H31N3O6. The molecule has 4 atom stereocenters. The minimum absolute atomic E-state index is 0.0821. The Morgan fingerprint density at radius 3 is 2.71 bits per heavy atom. The normalized spacial score (nSPS) is 34.4. The van der Waals surface area contributed by atoms with Crippen molar-refractivity contribution >= 4 is 34.9 Å². The van der Waals surface area contributed by atoms with E-state index in [4.69, 9.17) is 4.74 Å². The van der Waals surface area contributed by atoms with E-state index in [9.17, 15) is 24.5 Å². The van der Waals surface area contributed by atoms with E-state index in [2.05, 4.69) is 5.32 Å². The van der Waals surface area contributed by atoms with E-state index < -0.39 is 32.9 Å². The molecule has 1 aromatic carbocycles. The Hall–Kier alpha value is -3.75. The van der Waals surface area contributed by atoms with Gasteiger partial charge in [0.25, 0.3) is 11.6 Å². The summed E-state index contributed by atoms with van der Waals surface area (Å²) in [6, 6.07) is 3.18. The Bertz CT molecular complexity index is 1420. The fraction of sp³-hybridized carbons (Fsp3) is 0.483. The number of fused-ring (bicyclic) bond motifs is 2. The van der Waals surface area contributed by atoms with Gasteiger partial charge < -0.3 is 15.0 Å². The van der Waals surface area contributed by atoms with Crippen LogP contribution in [0.1, 0.15) is 64.5 Å². The molecule has 0 aromatic heterocycles. The average Bonchev–Trinajstić information content (AvgIpc) is 3.31. The van der Waals surface area contributed by atoms with Crippen LogP contribution in [-0.2, 0) is 14.4 Å². The minimum Gasteiger partial charge on any atom is -0.482 e. The molecule has 4 fully saturated rings. The molecule has 0 radical (unpaired) electrons. The summed E-state index contributed by atoms with van der Waals surface area (Å²) >= 11 is 0. The number of amides is 2. The Kier molecular flexibility index (Phi) is 4.95. The van der Waals surface area contributed by atoms with Crippen LogP contribution in [0.25, 0.3) is 11.6 Å². The highest BCUT2D eigenvalue weighted by Crippen LogP contribution is 2.59. The fourth-order valence-electron chi connectivity index (χ4n) is 7.31. The van der Waals surface area contributed by atoms with Crippen molar-refractivity contribution in [3.8, 4) is 5.75 Å². The van der Waals surface area contributed by atoms with Gasteiger partial charge in [-0.3, -0.25) is 24.5 Å². The van der Waals surface area contributed by atoms with Crippen molar-refractivity contribution < 1.29 is 24.0 Å². The van der Waals surface area contributed by atoms with Gasteiger partial charge in [-0.1, -0.05) is 26.0 Å². The van der Waals surface area contributed by atoms with E-state index in [-0.39, 0.29) is 40.0 Å². The third-order valence-electron chi connectivity index (χ3n) is 9.35. The highest BCUT2D eigenvalue weighted by Gasteiger charge is 2.72. The first-order valence-electron chi connectivity index (χ1n) is 13.1. The monoisotopic (exact) mass is 517 g/mol. The first-order chi connectivity index (χ1) is 17.9. The number of nitro benzene ring substituents is 1. The van der Waals surface area contributed by atoms with Crippen molar-refractivity contribution in [3.63, 3.8) is 0 Å². The van der Waals surface area contributed by atoms with Gasteiger partial charge in [-0.25, -0.2) is 0 Å². The van der Waals surface area contributed by atoms with Crippen LogP contribution in [0.2, 0.25) is 0 Å². The van der Waals surface area contributed by atoms with Crippen LogP contribution in [0.4, 0.5) is 5.69 Å². The quantitative estimate of drug-likeness (QED) is 0.367. The van der Waals surface area contributed by atoms with Gasteiger partial charge in [0.05, 0.1) is 16.1 Å².